The third-order valence-electron chi connectivity index (χ3n) is 3.95. The van der Waals surface area contributed by atoms with Crippen LogP contribution in [0, 0.1) is 23.4 Å². The minimum absolute atomic E-state index is 0.151. The number of rotatable bonds is 7. The van der Waals surface area contributed by atoms with Crippen molar-refractivity contribution in [2.24, 2.45) is 5.92 Å². The fraction of sp³-hybridized carbons (Fsp3) is 0.263. The van der Waals surface area contributed by atoms with Crippen LogP contribution in [-0.4, -0.2) is 30.1 Å². The predicted octanol–water partition coefficient (Wildman–Crippen LogP) is 3.19. The molecule has 0 spiro atoms. The zero-order valence-electron chi connectivity index (χ0n) is 15.1. The van der Waals surface area contributed by atoms with Gasteiger partial charge in [0.25, 0.3) is 11.8 Å². The Balaban J connectivity index is 2.24. The first-order valence-electron chi connectivity index (χ1n) is 8.39. The van der Waals surface area contributed by atoms with Gasteiger partial charge in [0.15, 0.2) is 11.6 Å². The van der Waals surface area contributed by atoms with Crippen molar-refractivity contribution in [2.45, 2.75) is 12.8 Å². The van der Waals surface area contributed by atoms with Crippen LogP contribution in [-0.2, 0) is 10.7 Å². The van der Waals surface area contributed by atoms with Crippen molar-refractivity contribution in [3.63, 3.8) is 0 Å². The van der Waals surface area contributed by atoms with Crippen LogP contribution in [0.4, 0.5) is 27.6 Å². The van der Waals surface area contributed by atoms with E-state index < -0.39 is 52.2 Å². The van der Waals surface area contributed by atoms with E-state index >= 15 is 0 Å². The summed E-state index contributed by atoms with van der Waals surface area (Å²) in [4.78, 5) is 24.0. The lowest BCUT2D eigenvalue weighted by molar-refractivity contribution is -0.147. The van der Waals surface area contributed by atoms with Crippen LogP contribution in [0.1, 0.15) is 22.8 Å². The van der Waals surface area contributed by atoms with Gasteiger partial charge in [0.1, 0.15) is 5.82 Å². The molecule has 2 aromatic carbocycles. The number of anilines is 1. The lowest BCUT2D eigenvalue weighted by Gasteiger charge is -2.19. The Kier molecular flexibility index (Phi) is 6.91. The van der Waals surface area contributed by atoms with Crippen LogP contribution in [0.15, 0.2) is 36.4 Å². The zero-order chi connectivity index (χ0) is 21.8. The molecular formula is C19H17F5N2O3. The summed E-state index contributed by atoms with van der Waals surface area (Å²) in [5, 5.41) is 12.9. The molecule has 2 rings (SSSR count). The van der Waals surface area contributed by atoms with E-state index in [4.69, 9.17) is 5.11 Å². The average molecular weight is 416 g/mol. The normalized spacial score (nSPS) is 12.4. The van der Waals surface area contributed by atoms with Gasteiger partial charge in [-0.3, -0.25) is 9.59 Å². The number of benzene rings is 2. The van der Waals surface area contributed by atoms with Gasteiger partial charge in [-0.1, -0.05) is 6.92 Å². The molecule has 0 saturated carbocycles. The van der Waals surface area contributed by atoms with Gasteiger partial charge in [-0.15, -0.1) is 0 Å². The Morgan fingerprint density at radius 3 is 2.31 bits per heavy atom. The first-order valence-corrected chi connectivity index (χ1v) is 8.39. The summed E-state index contributed by atoms with van der Waals surface area (Å²) >= 11 is 0. The molecule has 2 aromatic rings. The smallest absolute Gasteiger partial charge is 0.352 e. The molecule has 0 aliphatic heterocycles. The largest absolute Gasteiger partial charge is 0.396 e. The van der Waals surface area contributed by atoms with E-state index in [1.807, 2.05) is 5.32 Å². The molecule has 0 saturated heterocycles. The second-order valence-electron chi connectivity index (χ2n) is 6.35. The van der Waals surface area contributed by atoms with Gasteiger partial charge in [0, 0.05) is 30.5 Å². The van der Waals surface area contributed by atoms with Crippen molar-refractivity contribution in [1.82, 2.24) is 5.32 Å². The van der Waals surface area contributed by atoms with Crippen molar-refractivity contribution >= 4 is 17.5 Å². The topological polar surface area (TPSA) is 78.4 Å². The van der Waals surface area contributed by atoms with E-state index in [-0.39, 0.29) is 18.8 Å². The maximum Gasteiger partial charge on any atom is 0.352 e. The summed E-state index contributed by atoms with van der Waals surface area (Å²) in [6, 6.07) is 4.47. The number of carbonyl (C=O) groups excluding carboxylic acids is 2. The molecule has 0 bridgehead atoms. The molecule has 1 atom stereocenters. The monoisotopic (exact) mass is 416 g/mol. The van der Waals surface area contributed by atoms with Crippen LogP contribution in [0.25, 0.3) is 0 Å². The zero-order valence-corrected chi connectivity index (χ0v) is 15.1. The summed E-state index contributed by atoms with van der Waals surface area (Å²) in [6.45, 7) is 0.894. The van der Waals surface area contributed by atoms with Gasteiger partial charge in [-0.25, -0.2) is 13.2 Å². The molecule has 0 aromatic heterocycles. The maximum absolute atomic E-state index is 14.4. The lowest BCUT2D eigenvalue weighted by atomic mass is 10.0. The fourth-order valence-electron chi connectivity index (χ4n) is 2.25. The summed E-state index contributed by atoms with van der Waals surface area (Å²) in [7, 11) is 0. The summed E-state index contributed by atoms with van der Waals surface area (Å²) < 4.78 is 68.9. The molecule has 0 aliphatic carbocycles. The molecule has 156 valence electrons. The minimum atomic E-state index is -4.29. The van der Waals surface area contributed by atoms with Gasteiger partial charge < -0.3 is 15.7 Å². The Morgan fingerprint density at radius 2 is 1.69 bits per heavy atom. The highest BCUT2D eigenvalue weighted by Gasteiger charge is 2.43. The molecule has 2 amide bonds. The maximum atomic E-state index is 14.4. The van der Waals surface area contributed by atoms with Crippen molar-refractivity contribution < 1.29 is 36.6 Å². The van der Waals surface area contributed by atoms with Crippen LogP contribution in [0.3, 0.4) is 0 Å². The van der Waals surface area contributed by atoms with Crippen molar-refractivity contribution in [3.8, 4) is 0 Å². The van der Waals surface area contributed by atoms with Gasteiger partial charge >= 0.3 is 5.92 Å². The Hall–Kier alpha value is -3.01. The molecule has 0 heterocycles. The highest BCUT2D eigenvalue weighted by atomic mass is 19.3. The first-order chi connectivity index (χ1) is 13.6. The number of halogens is 5. The number of aliphatic hydroxyl groups excluding tert-OH is 1. The van der Waals surface area contributed by atoms with Crippen molar-refractivity contribution in [3.05, 3.63) is 65.0 Å². The molecule has 10 heteroatoms. The van der Waals surface area contributed by atoms with Gasteiger partial charge in [-0.05, 0) is 36.2 Å². The Labute approximate surface area is 162 Å². The highest BCUT2D eigenvalue weighted by molar-refractivity contribution is 6.04. The summed E-state index contributed by atoms with van der Waals surface area (Å²) in [6.07, 6.45) is 0. The number of nitrogens with one attached hydrogen (secondary N) is 2. The van der Waals surface area contributed by atoms with E-state index in [9.17, 15) is 31.5 Å². The molecule has 29 heavy (non-hydrogen) atoms. The van der Waals surface area contributed by atoms with E-state index in [0.717, 1.165) is 18.2 Å². The van der Waals surface area contributed by atoms with Crippen molar-refractivity contribution in [1.29, 1.82) is 0 Å². The minimum Gasteiger partial charge on any atom is -0.396 e. The van der Waals surface area contributed by atoms with E-state index in [1.165, 1.54) is 6.92 Å². The number of aliphatic hydroxyl groups is 1. The van der Waals surface area contributed by atoms with Gasteiger partial charge in [0.05, 0.1) is 5.56 Å². The quantitative estimate of drug-likeness (QED) is 0.607. The number of hydrogen-bond acceptors (Lipinski definition) is 3. The van der Waals surface area contributed by atoms with Crippen LogP contribution < -0.4 is 10.6 Å². The molecule has 0 radical (unpaired) electrons. The van der Waals surface area contributed by atoms with Gasteiger partial charge in [0.2, 0.25) is 0 Å². The molecular weight excluding hydrogens is 399 g/mol. The Bertz CT molecular complexity index is 921. The van der Waals surface area contributed by atoms with Crippen molar-refractivity contribution in [2.75, 3.05) is 18.5 Å². The SMILES string of the molecule is C[C@@H](CO)CNC(=O)C(F)(F)c1cc(C(=O)Nc2ccc(F)c(F)c2)ccc1F. The standard InChI is InChI=1S/C19H17F5N2O3/c1-10(9-27)8-25-18(29)19(23,24)13-6-11(2-4-14(13)20)17(28)26-12-3-5-15(21)16(22)7-12/h2-7,10,27H,8-9H2,1H3,(H,25,29)(H,26,28)/t10-/m1/s1. The van der Waals surface area contributed by atoms with Crippen LogP contribution in [0.2, 0.25) is 0 Å². The number of alkyl halides is 2. The van der Waals surface area contributed by atoms with E-state index in [0.29, 0.717) is 18.2 Å². The third-order valence-corrected chi connectivity index (χ3v) is 3.95. The molecule has 5 nitrogen and oxygen atoms in total. The fourth-order valence-corrected chi connectivity index (χ4v) is 2.25. The Morgan fingerprint density at radius 1 is 1.03 bits per heavy atom. The molecule has 0 unspecified atom stereocenters. The molecule has 0 fully saturated rings. The van der Waals surface area contributed by atoms with E-state index in [2.05, 4.69) is 5.32 Å². The second-order valence-corrected chi connectivity index (χ2v) is 6.35. The molecule has 0 aliphatic rings. The van der Waals surface area contributed by atoms with Crippen LogP contribution >= 0.6 is 0 Å². The summed E-state index contributed by atoms with van der Waals surface area (Å²) in [5.74, 6) is -11.4. The second kappa shape index (κ2) is 8.99. The third kappa shape index (κ3) is 5.29. The van der Waals surface area contributed by atoms with Crippen LogP contribution in [0.5, 0.6) is 0 Å². The summed E-state index contributed by atoms with van der Waals surface area (Å²) in [5.41, 5.74) is -1.91. The average Bonchev–Trinajstić information content (AvgIpc) is 2.68. The van der Waals surface area contributed by atoms with E-state index in [1.54, 1.807) is 0 Å². The number of amides is 2. The van der Waals surface area contributed by atoms with Gasteiger partial charge in [-0.2, -0.15) is 8.78 Å². The lowest BCUT2D eigenvalue weighted by Crippen LogP contribution is -2.41. The molecule has 3 N–H and O–H groups in total. The number of hydrogen-bond donors (Lipinski definition) is 3. The highest BCUT2D eigenvalue weighted by Crippen LogP contribution is 2.31. The number of carbonyl (C=O) groups is 2. The predicted molar refractivity (Wildman–Crippen MR) is 93.9 cm³/mol. The first kappa shape index (κ1) is 22.3.